The number of nitrogens with zero attached hydrogens (tertiary/aromatic N) is 4. The molecule has 3 fully saturated rings. The molecule has 0 aliphatic heterocycles. The van der Waals surface area contributed by atoms with Gasteiger partial charge < -0.3 is 10.4 Å². The summed E-state index contributed by atoms with van der Waals surface area (Å²) in [6.45, 7) is 3.75. The zero-order valence-electron chi connectivity index (χ0n) is 17.2. The molecule has 3 aromatic rings. The van der Waals surface area contributed by atoms with Crippen molar-refractivity contribution in [3.8, 4) is 11.5 Å². The fourth-order valence-corrected chi connectivity index (χ4v) is 4.35. The van der Waals surface area contributed by atoms with Gasteiger partial charge in [0.2, 0.25) is 0 Å². The van der Waals surface area contributed by atoms with Crippen LogP contribution in [0, 0.1) is 17.7 Å². The molecule has 160 valence electrons. The zero-order chi connectivity index (χ0) is 21.5. The van der Waals surface area contributed by atoms with Crippen LogP contribution in [0.4, 0.5) is 10.2 Å². The Balaban J connectivity index is 0.000000473. The molecular formula is C21H27FN6O2. The first-order valence-corrected chi connectivity index (χ1v) is 10.4. The van der Waals surface area contributed by atoms with E-state index in [1.807, 2.05) is 19.9 Å². The number of carbonyl (C=O) groups is 1. The number of rotatable bonds is 3. The molecule has 8 nitrogen and oxygen atoms in total. The number of hydrogen-bond acceptors (Lipinski definition) is 6. The molecule has 3 heterocycles. The van der Waals surface area contributed by atoms with E-state index in [1.165, 1.54) is 38.2 Å². The van der Waals surface area contributed by atoms with Crippen LogP contribution in [-0.4, -0.2) is 42.8 Å². The van der Waals surface area contributed by atoms with Crippen molar-refractivity contribution in [3.05, 3.63) is 30.3 Å². The molecule has 1 unspecified atom stereocenters. The quantitative estimate of drug-likeness (QED) is 0.548. The molecular weight excluding hydrogens is 387 g/mol. The number of nitrogens with one attached hydrogen (secondary N) is 2. The molecule has 1 atom stereocenters. The van der Waals surface area contributed by atoms with Crippen molar-refractivity contribution in [2.75, 3.05) is 5.32 Å². The number of H-pyrrole nitrogens is 1. The van der Waals surface area contributed by atoms with Gasteiger partial charge >= 0.3 is 0 Å². The van der Waals surface area contributed by atoms with Crippen molar-refractivity contribution in [1.82, 2.24) is 25.1 Å². The highest BCUT2D eigenvalue weighted by molar-refractivity contribution is 5.88. The summed E-state index contributed by atoms with van der Waals surface area (Å²) >= 11 is 0. The van der Waals surface area contributed by atoms with Crippen LogP contribution in [0.2, 0.25) is 0 Å². The zero-order valence-corrected chi connectivity index (χ0v) is 17.2. The topological polar surface area (TPSA) is 117 Å². The van der Waals surface area contributed by atoms with E-state index < -0.39 is 5.82 Å². The van der Waals surface area contributed by atoms with Crippen LogP contribution in [0.1, 0.15) is 46.0 Å². The Morgan fingerprint density at radius 1 is 1.23 bits per heavy atom. The maximum absolute atomic E-state index is 13.5. The Kier molecular flexibility index (Phi) is 7.26. The lowest BCUT2D eigenvalue weighted by molar-refractivity contribution is -0.122. The fourth-order valence-electron chi connectivity index (χ4n) is 4.35. The van der Waals surface area contributed by atoms with Crippen molar-refractivity contribution in [2.45, 2.75) is 52.0 Å². The fraction of sp³-hybridized carbons (Fsp3) is 0.476. The van der Waals surface area contributed by atoms with E-state index >= 15 is 0 Å². The number of hydrogen-bond donors (Lipinski definition) is 3. The summed E-state index contributed by atoms with van der Waals surface area (Å²) in [5.74, 6) is 2.52. The lowest BCUT2D eigenvalue weighted by Gasteiger charge is -2.42. The monoisotopic (exact) mass is 414 g/mol. The minimum absolute atomic E-state index is 0.250. The minimum atomic E-state index is -0.400. The van der Waals surface area contributed by atoms with Crippen molar-refractivity contribution < 1.29 is 14.3 Å². The van der Waals surface area contributed by atoms with Crippen molar-refractivity contribution in [1.29, 1.82) is 0 Å². The molecule has 30 heavy (non-hydrogen) atoms. The molecule has 3 aromatic heterocycles. The summed E-state index contributed by atoms with van der Waals surface area (Å²) in [7, 11) is 0. The molecule has 3 aliphatic carbocycles. The Hall–Kier alpha value is -3.10. The number of anilines is 1. The van der Waals surface area contributed by atoms with E-state index in [9.17, 15) is 4.39 Å². The van der Waals surface area contributed by atoms with Crippen LogP contribution in [0.15, 0.2) is 24.5 Å². The normalized spacial score (nSPS) is 21.8. The number of fused-ring (bicyclic) bond motifs is 4. The van der Waals surface area contributed by atoms with Gasteiger partial charge in [-0.1, -0.05) is 26.7 Å². The third-order valence-corrected chi connectivity index (χ3v) is 5.64. The van der Waals surface area contributed by atoms with Gasteiger partial charge in [0.15, 0.2) is 11.5 Å². The summed E-state index contributed by atoms with van der Waals surface area (Å²) in [4.78, 5) is 21.3. The highest BCUT2D eigenvalue weighted by atomic mass is 19.1. The molecule has 2 bridgehead atoms. The van der Waals surface area contributed by atoms with Gasteiger partial charge in [0.1, 0.15) is 17.3 Å². The van der Waals surface area contributed by atoms with E-state index in [-0.39, 0.29) is 6.47 Å². The smallest absolute Gasteiger partial charge is 0.290 e. The van der Waals surface area contributed by atoms with Gasteiger partial charge in [0, 0.05) is 12.2 Å². The van der Waals surface area contributed by atoms with Gasteiger partial charge in [0.05, 0.1) is 11.6 Å². The van der Waals surface area contributed by atoms with E-state index in [1.54, 1.807) is 6.20 Å². The predicted octanol–water partition coefficient (Wildman–Crippen LogP) is 4.27. The summed E-state index contributed by atoms with van der Waals surface area (Å²) in [6.07, 6.45) is 9.49. The first-order valence-electron chi connectivity index (χ1n) is 10.4. The molecule has 0 radical (unpaired) electrons. The third kappa shape index (κ3) is 4.72. The van der Waals surface area contributed by atoms with Crippen LogP contribution in [0.25, 0.3) is 22.6 Å². The van der Waals surface area contributed by atoms with Crippen LogP contribution in [0.5, 0.6) is 0 Å². The second-order valence-corrected chi connectivity index (χ2v) is 7.26. The Morgan fingerprint density at radius 3 is 2.63 bits per heavy atom. The first kappa shape index (κ1) is 21.6. The molecule has 0 amide bonds. The largest absolute Gasteiger partial charge is 0.483 e. The second-order valence-electron chi connectivity index (χ2n) is 7.26. The molecule has 3 N–H and O–H groups in total. The van der Waals surface area contributed by atoms with E-state index in [0.717, 1.165) is 23.9 Å². The maximum Gasteiger partial charge on any atom is 0.290 e. The number of aromatic amines is 1. The Bertz CT molecular complexity index is 971. The van der Waals surface area contributed by atoms with Gasteiger partial charge in [-0.25, -0.2) is 19.3 Å². The maximum atomic E-state index is 13.5. The lowest BCUT2D eigenvalue weighted by Crippen LogP contribution is -2.40. The minimum Gasteiger partial charge on any atom is -0.483 e. The predicted molar refractivity (Wildman–Crippen MR) is 112 cm³/mol. The highest BCUT2D eigenvalue weighted by Gasteiger charge is 2.35. The summed E-state index contributed by atoms with van der Waals surface area (Å²) in [5.41, 5.74) is 1.05. The van der Waals surface area contributed by atoms with Crippen molar-refractivity contribution >= 4 is 23.3 Å². The van der Waals surface area contributed by atoms with Gasteiger partial charge in [-0.3, -0.25) is 9.89 Å². The third-order valence-electron chi connectivity index (χ3n) is 5.64. The van der Waals surface area contributed by atoms with Crippen LogP contribution >= 0.6 is 0 Å². The Labute approximate surface area is 174 Å². The summed E-state index contributed by atoms with van der Waals surface area (Å²) in [6, 6.07) is 3.79. The summed E-state index contributed by atoms with van der Waals surface area (Å²) in [5, 5.41) is 18.1. The van der Waals surface area contributed by atoms with Crippen LogP contribution in [-0.2, 0) is 4.79 Å². The number of halogens is 1. The van der Waals surface area contributed by atoms with Crippen LogP contribution in [0.3, 0.4) is 0 Å². The molecule has 3 saturated carbocycles. The average Bonchev–Trinajstić information content (AvgIpc) is 3.20. The second kappa shape index (κ2) is 10.1. The molecule has 0 spiro atoms. The number of carboxylic acid groups (broad SMARTS) is 1. The SMILES string of the molecule is CC.Fc1cnc2n[nH]c(-c3nccc(NC4CC5CCC4CC5)n3)c2c1.O=CO. The molecule has 0 aromatic carbocycles. The molecule has 0 saturated heterocycles. The standard InChI is InChI=1S/C18H19FN6.C2H6.CH2O2/c19-12-8-13-16(24-25-17(13)21-9-12)18-20-6-5-15(23-18)22-14-7-10-1-3-11(14)4-2-10;1-2;2-1-3/h5-6,8-11,14H,1-4,7H2,(H,20,22,23)(H,21,24,25);1-2H3;1H,(H,2,3). The summed E-state index contributed by atoms with van der Waals surface area (Å²) < 4.78 is 13.5. The van der Waals surface area contributed by atoms with Gasteiger partial charge in [-0.05, 0) is 43.2 Å². The number of pyridine rings is 1. The lowest BCUT2D eigenvalue weighted by atomic mass is 9.68. The van der Waals surface area contributed by atoms with E-state index in [4.69, 9.17) is 9.90 Å². The molecule has 6 rings (SSSR count). The average molecular weight is 414 g/mol. The van der Waals surface area contributed by atoms with E-state index in [0.29, 0.717) is 28.6 Å². The number of aromatic nitrogens is 5. The van der Waals surface area contributed by atoms with Gasteiger partial charge in [-0.15, -0.1) is 0 Å². The molecule has 9 heteroatoms. The van der Waals surface area contributed by atoms with E-state index in [2.05, 4.69) is 30.5 Å². The first-order chi connectivity index (χ1) is 14.7. The van der Waals surface area contributed by atoms with Crippen molar-refractivity contribution in [2.24, 2.45) is 11.8 Å². The van der Waals surface area contributed by atoms with Crippen LogP contribution < -0.4 is 5.32 Å². The van der Waals surface area contributed by atoms with Crippen molar-refractivity contribution in [3.63, 3.8) is 0 Å². The van der Waals surface area contributed by atoms with Gasteiger partial charge in [0.25, 0.3) is 6.47 Å². The Morgan fingerprint density at radius 2 is 1.97 bits per heavy atom. The molecule has 3 aliphatic rings. The van der Waals surface area contributed by atoms with Gasteiger partial charge in [-0.2, -0.15) is 5.10 Å². The highest BCUT2D eigenvalue weighted by Crippen LogP contribution is 2.42.